The molecule has 0 aliphatic carbocycles. The number of aliphatic hydroxyl groups excluding tert-OH is 1. The van der Waals surface area contributed by atoms with Crippen LogP contribution in [0.2, 0.25) is 0 Å². The van der Waals surface area contributed by atoms with Crippen molar-refractivity contribution in [3.8, 4) is 0 Å². The summed E-state index contributed by atoms with van der Waals surface area (Å²) in [6.07, 6.45) is 65.3. The highest BCUT2D eigenvalue weighted by Gasteiger charge is 2.30. The minimum Gasteiger partial charge on any atom is -0.462 e. The molecule has 0 bridgehead atoms. The SMILES string of the molecule is CCCCCCCCCCCCCCCCCCCCCCCC(=O)O[C@H](COC(=O)CCCCCCCCCCCCCCCCC(C)CC)COP(=O)(O)OC[C@@H](O)COP(=O)(O)OC[C@@H](COC(=O)CCCCCCCCCC(C)C)OC(=O)CCCCCCCCCCCCCCC(C)C. The third-order valence-corrected chi connectivity index (χ3v) is 22.1. The molecule has 0 amide bonds. The Labute approximate surface area is 638 Å². The lowest BCUT2D eigenvalue weighted by Gasteiger charge is -2.21. The van der Waals surface area contributed by atoms with E-state index in [2.05, 4.69) is 48.5 Å². The second-order valence-electron chi connectivity index (χ2n) is 31.8. The number of carbonyl (C=O) groups is 4. The monoisotopic (exact) mass is 1520 g/mol. The van der Waals surface area contributed by atoms with E-state index in [1.54, 1.807) is 0 Å². The van der Waals surface area contributed by atoms with Crippen molar-refractivity contribution >= 4 is 39.5 Å². The molecule has 0 spiro atoms. The zero-order chi connectivity index (χ0) is 76.5. The third-order valence-electron chi connectivity index (χ3n) is 20.2. The molecule has 3 unspecified atom stereocenters. The Morgan fingerprint density at radius 1 is 0.279 bits per heavy atom. The lowest BCUT2D eigenvalue weighted by atomic mass is 9.99. The molecule has 6 atom stereocenters. The minimum atomic E-state index is -4.97. The van der Waals surface area contributed by atoms with Crippen LogP contribution in [0.1, 0.15) is 447 Å². The topological polar surface area (TPSA) is 237 Å². The Morgan fingerprint density at radius 3 is 0.731 bits per heavy atom. The number of aliphatic hydroxyl groups is 1. The first-order valence-corrected chi connectivity index (χ1v) is 46.9. The van der Waals surface area contributed by atoms with Crippen molar-refractivity contribution in [1.82, 2.24) is 0 Å². The maximum absolute atomic E-state index is 13.1. The molecule has 17 nitrogen and oxygen atoms in total. The zero-order valence-electron chi connectivity index (χ0n) is 68.5. The summed E-state index contributed by atoms with van der Waals surface area (Å²) in [6, 6.07) is 0. The Hall–Kier alpha value is -1.94. The molecule has 0 saturated heterocycles. The van der Waals surface area contributed by atoms with Gasteiger partial charge in [-0.15, -0.1) is 0 Å². The molecule has 3 N–H and O–H groups in total. The molecule has 0 aliphatic rings. The molecule has 0 saturated carbocycles. The van der Waals surface area contributed by atoms with Crippen LogP contribution in [0.25, 0.3) is 0 Å². The molecule has 104 heavy (non-hydrogen) atoms. The van der Waals surface area contributed by atoms with Crippen LogP contribution in [0.4, 0.5) is 0 Å². The van der Waals surface area contributed by atoms with Crippen LogP contribution in [0.3, 0.4) is 0 Å². The second kappa shape index (κ2) is 75.1. The summed E-state index contributed by atoms with van der Waals surface area (Å²) < 4.78 is 68.8. The van der Waals surface area contributed by atoms with Gasteiger partial charge < -0.3 is 33.8 Å². The number of carbonyl (C=O) groups excluding carboxylic acids is 4. The van der Waals surface area contributed by atoms with Gasteiger partial charge in [0.25, 0.3) is 0 Å². The molecule has 0 aromatic heterocycles. The Balaban J connectivity index is 5.23. The Kier molecular flexibility index (Phi) is 73.7. The largest absolute Gasteiger partial charge is 0.472 e. The summed E-state index contributed by atoms with van der Waals surface area (Å²) in [6.45, 7) is 12.0. The van der Waals surface area contributed by atoms with Gasteiger partial charge in [0, 0.05) is 25.7 Å². The number of hydrogen-bond donors (Lipinski definition) is 3. The quantitative estimate of drug-likeness (QED) is 0.0222. The van der Waals surface area contributed by atoms with Gasteiger partial charge in [0.05, 0.1) is 26.4 Å². The van der Waals surface area contributed by atoms with E-state index in [0.29, 0.717) is 31.6 Å². The van der Waals surface area contributed by atoms with Crippen LogP contribution >= 0.6 is 15.6 Å². The van der Waals surface area contributed by atoms with Crippen molar-refractivity contribution < 1.29 is 80.2 Å². The van der Waals surface area contributed by atoms with Gasteiger partial charge in [0.15, 0.2) is 12.2 Å². The van der Waals surface area contributed by atoms with E-state index in [-0.39, 0.29) is 25.7 Å². The van der Waals surface area contributed by atoms with Crippen LogP contribution < -0.4 is 0 Å². The first-order chi connectivity index (χ1) is 50.3. The molecule has 0 aromatic rings. The molecule has 0 aromatic carbocycles. The van der Waals surface area contributed by atoms with E-state index in [9.17, 15) is 43.2 Å². The standard InChI is InChI=1S/C85H166O17P2/c1-8-10-11-12-13-14-15-16-17-18-19-20-21-22-23-28-34-39-46-54-61-68-84(89)101-80(72-95-82(87)66-59-52-45-38-33-27-25-24-26-32-37-44-51-58-65-78(7)9-2)74-99-103(91,92)97-70-79(86)71-98-104(93,94)100-75-81(73-96-83(88)67-60-53-48-41-43-50-57-64-77(5)6)102-85(90)69-62-55-47-40-35-30-29-31-36-42-49-56-63-76(3)4/h76-81,86H,8-75H2,1-7H3,(H,91,92)(H,93,94)/t78?,79-,80-,81-/m1/s1. The molecule has 19 heteroatoms. The van der Waals surface area contributed by atoms with Gasteiger partial charge in [-0.3, -0.25) is 37.3 Å². The van der Waals surface area contributed by atoms with Crippen LogP contribution in [0.15, 0.2) is 0 Å². The van der Waals surface area contributed by atoms with E-state index < -0.39 is 97.5 Å². The van der Waals surface area contributed by atoms with Gasteiger partial charge in [-0.25, -0.2) is 9.13 Å². The van der Waals surface area contributed by atoms with Crippen molar-refractivity contribution in [2.24, 2.45) is 17.8 Å². The molecule has 0 fully saturated rings. The number of rotatable bonds is 83. The summed E-state index contributed by atoms with van der Waals surface area (Å²) in [5.74, 6) is 0.224. The molecular weight excluding hydrogens is 1350 g/mol. The van der Waals surface area contributed by atoms with Crippen molar-refractivity contribution in [3.63, 3.8) is 0 Å². The van der Waals surface area contributed by atoms with Gasteiger partial charge in [-0.1, -0.05) is 395 Å². The average Bonchev–Trinajstić information content (AvgIpc) is 0.906. The fourth-order valence-electron chi connectivity index (χ4n) is 13.2. The van der Waals surface area contributed by atoms with Crippen molar-refractivity contribution in [2.45, 2.75) is 465 Å². The smallest absolute Gasteiger partial charge is 0.462 e. The number of ether oxygens (including phenoxy) is 4. The summed E-state index contributed by atoms with van der Waals surface area (Å²) in [5, 5.41) is 10.7. The first kappa shape index (κ1) is 102. The third kappa shape index (κ3) is 76.8. The van der Waals surface area contributed by atoms with E-state index in [1.807, 2.05) is 0 Å². The minimum absolute atomic E-state index is 0.106. The maximum atomic E-state index is 13.1. The molecule has 0 aliphatic heterocycles. The van der Waals surface area contributed by atoms with E-state index >= 15 is 0 Å². The van der Waals surface area contributed by atoms with Crippen LogP contribution in [0, 0.1) is 17.8 Å². The number of esters is 4. The average molecular weight is 1520 g/mol. The predicted molar refractivity (Wildman–Crippen MR) is 428 cm³/mol. The normalized spacial score (nSPS) is 14.2. The molecule has 0 radical (unpaired) electrons. The fraction of sp³-hybridized carbons (Fsp3) is 0.953. The molecule has 618 valence electrons. The van der Waals surface area contributed by atoms with Gasteiger partial charge in [-0.2, -0.15) is 0 Å². The summed E-state index contributed by atoms with van der Waals surface area (Å²) in [7, 11) is -9.93. The second-order valence-corrected chi connectivity index (χ2v) is 34.7. The van der Waals surface area contributed by atoms with Crippen molar-refractivity contribution in [2.75, 3.05) is 39.6 Å². The van der Waals surface area contributed by atoms with Gasteiger partial charge in [-0.05, 0) is 43.4 Å². The molecular formula is C85H166O17P2. The highest BCUT2D eigenvalue weighted by molar-refractivity contribution is 7.47. The highest BCUT2D eigenvalue weighted by Crippen LogP contribution is 2.45. The van der Waals surface area contributed by atoms with Gasteiger partial charge >= 0.3 is 39.5 Å². The lowest BCUT2D eigenvalue weighted by Crippen LogP contribution is -2.30. The maximum Gasteiger partial charge on any atom is 0.472 e. The Morgan fingerprint density at radius 2 is 0.490 bits per heavy atom. The van der Waals surface area contributed by atoms with Crippen molar-refractivity contribution in [1.29, 1.82) is 0 Å². The zero-order valence-corrected chi connectivity index (χ0v) is 70.3. The van der Waals surface area contributed by atoms with Crippen LogP contribution in [-0.4, -0.2) is 96.7 Å². The summed E-state index contributed by atoms with van der Waals surface area (Å²) in [4.78, 5) is 73.2. The number of unbranched alkanes of at least 4 members (excludes halogenated alkanes) is 50. The van der Waals surface area contributed by atoms with E-state index in [1.165, 1.54) is 250 Å². The predicted octanol–water partition coefficient (Wildman–Crippen LogP) is 25.7. The number of phosphoric acid groups is 2. The number of phosphoric ester groups is 2. The fourth-order valence-corrected chi connectivity index (χ4v) is 14.7. The highest BCUT2D eigenvalue weighted by atomic mass is 31.2. The number of hydrogen-bond acceptors (Lipinski definition) is 15. The molecule has 0 rings (SSSR count). The summed E-state index contributed by atoms with van der Waals surface area (Å²) in [5.41, 5.74) is 0. The van der Waals surface area contributed by atoms with E-state index in [0.717, 1.165) is 108 Å². The van der Waals surface area contributed by atoms with Gasteiger partial charge in [0.2, 0.25) is 0 Å². The van der Waals surface area contributed by atoms with Crippen LogP contribution in [0.5, 0.6) is 0 Å². The Bertz CT molecular complexity index is 2010. The summed E-state index contributed by atoms with van der Waals surface area (Å²) >= 11 is 0. The van der Waals surface area contributed by atoms with Crippen molar-refractivity contribution in [3.05, 3.63) is 0 Å². The van der Waals surface area contributed by atoms with Gasteiger partial charge in [0.1, 0.15) is 19.3 Å². The lowest BCUT2D eigenvalue weighted by molar-refractivity contribution is -0.161. The first-order valence-electron chi connectivity index (χ1n) is 43.9. The van der Waals surface area contributed by atoms with E-state index in [4.69, 9.17) is 37.0 Å². The van der Waals surface area contributed by atoms with Crippen LogP contribution in [-0.2, 0) is 65.4 Å². The molecule has 0 heterocycles.